The van der Waals surface area contributed by atoms with Crippen LogP contribution in [0.4, 0.5) is 5.69 Å². The molecule has 0 bridgehead atoms. The summed E-state index contributed by atoms with van der Waals surface area (Å²) in [6.45, 7) is 0. The highest BCUT2D eigenvalue weighted by Crippen LogP contribution is 2.18. The van der Waals surface area contributed by atoms with Crippen molar-refractivity contribution < 1.29 is 4.79 Å². The van der Waals surface area contributed by atoms with E-state index in [9.17, 15) is 4.79 Å². The van der Waals surface area contributed by atoms with Crippen molar-refractivity contribution in [1.82, 2.24) is 25.2 Å². The van der Waals surface area contributed by atoms with Gasteiger partial charge in [0.15, 0.2) is 0 Å². The van der Waals surface area contributed by atoms with E-state index < -0.39 is 0 Å². The summed E-state index contributed by atoms with van der Waals surface area (Å²) in [5, 5.41) is 14.9. The zero-order chi connectivity index (χ0) is 15.2. The fourth-order valence-electron chi connectivity index (χ4n) is 1.76. The van der Waals surface area contributed by atoms with Crippen molar-refractivity contribution in [3.05, 3.63) is 54.9 Å². The molecule has 0 unspecified atom stereocenters. The lowest BCUT2D eigenvalue weighted by Gasteiger charge is -2.05. The summed E-state index contributed by atoms with van der Waals surface area (Å²) in [5.74, 6) is 0.0917. The third kappa shape index (κ3) is 3.47. The van der Waals surface area contributed by atoms with Crippen LogP contribution in [0.5, 0.6) is 0 Å². The Balaban J connectivity index is 1.63. The SMILES string of the molecule is O=C(CSc1nnnn1-c1ccccc1)Nc1ccncc1. The number of anilines is 1. The molecule has 110 valence electrons. The molecule has 0 radical (unpaired) electrons. The number of benzene rings is 1. The fourth-order valence-corrected chi connectivity index (χ4v) is 2.45. The first kappa shape index (κ1) is 14.2. The van der Waals surface area contributed by atoms with Gasteiger partial charge >= 0.3 is 0 Å². The summed E-state index contributed by atoms with van der Waals surface area (Å²) in [6.07, 6.45) is 3.25. The van der Waals surface area contributed by atoms with Crippen LogP contribution in [0.3, 0.4) is 0 Å². The molecule has 7 nitrogen and oxygen atoms in total. The first-order chi connectivity index (χ1) is 10.8. The van der Waals surface area contributed by atoms with Gasteiger partial charge in [0.2, 0.25) is 11.1 Å². The summed E-state index contributed by atoms with van der Waals surface area (Å²) in [7, 11) is 0. The molecular weight excluding hydrogens is 300 g/mol. The Kier molecular flexibility index (Phi) is 4.40. The molecule has 0 aliphatic heterocycles. The number of carbonyl (C=O) groups excluding carboxylic acids is 1. The molecule has 1 amide bonds. The Morgan fingerprint density at radius 3 is 2.68 bits per heavy atom. The van der Waals surface area contributed by atoms with Crippen molar-refractivity contribution in [1.29, 1.82) is 0 Å². The lowest BCUT2D eigenvalue weighted by Crippen LogP contribution is -2.14. The van der Waals surface area contributed by atoms with E-state index in [2.05, 4.69) is 25.8 Å². The summed E-state index contributed by atoms with van der Waals surface area (Å²) >= 11 is 1.28. The average Bonchev–Trinajstić information content (AvgIpc) is 3.03. The van der Waals surface area contributed by atoms with E-state index in [1.165, 1.54) is 11.8 Å². The summed E-state index contributed by atoms with van der Waals surface area (Å²) in [4.78, 5) is 15.8. The van der Waals surface area contributed by atoms with Crippen molar-refractivity contribution in [3.63, 3.8) is 0 Å². The Morgan fingerprint density at radius 2 is 1.91 bits per heavy atom. The molecule has 3 aromatic rings. The number of carbonyl (C=O) groups is 1. The zero-order valence-electron chi connectivity index (χ0n) is 11.5. The molecular formula is C14H12N6OS. The van der Waals surface area contributed by atoms with Gasteiger partial charge in [-0.1, -0.05) is 30.0 Å². The van der Waals surface area contributed by atoms with Crippen molar-refractivity contribution >= 4 is 23.4 Å². The molecule has 1 aromatic carbocycles. The van der Waals surface area contributed by atoms with E-state index in [0.29, 0.717) is 10.8 Å². The van der Waals surface area contributed by atoms with Gasteiger partial charge in [0, 0.05) is 18.1 Å². The molecule has 0 saturated heterocycles. The third-order valence-electron chi connectivity index (χ3n) is 2.74. The second kappa shape index (κ2) is 6.81. The summed E-state index contributed by atoms with van der Waals surface area (Å²) < 4.78 is 1.60. The Hall–Kier alpha value is -2.74. The predicted molar refractivity (Wildman–Crippen MR) is 82.7 cm³/mol. The van der Waals surface area contributed by atoms with E-state index in [1.54, 1.807) is 29.2 Å². The predicted octanol–water partition coefficient (Wildman–Crippen LogP) is 1.79. The molecule has 1 N–H and O–H groups in total. The largest absolute Gasteiger partial charge is 0.325 e. The van der Waals surface area contributed by atoms with Crippen molar-refractivity contribution in [2.75, 3.05) is 11.1 Å². The van der Waals surface area contributed by atoms with Gasteiger partial charge < -0.3 is 5.32 Å². The first-order valence-electron chi connectivity index (χ1n) is 6.49. The minimum atomic E-state index is -0.126. The number of thioether (sulfide) groups is 1. The number of pyridine rings is 1. The van der Waals surface area contributed by atoms with E-state index in [-0.39, 0.29) is 11.7 Å². The lowest BCUT2D eigenvalue weighted by molar-refractivity contribution is -0.113. The highest BCUT2D eigenvalue weighted by atomic mass is 32.2. The Morgan fingerprint density at radius 1 is 1.14 bits per heavy atom. The van der Waals surface area contributed by atoms with Crippen molar-refractivity contribution in [2.45, 2.75) is 5.16 Å². The van der Waals surface area contributed by atoms with Gasteiger partial charge in [0.25, 0.3) is 0 Å². The normalized spacial score (nSPS) is 10.4. The molecule has 8 heteroatoms. The topological polar surface area (TPSA) is 85.6 Å². The minimum Gasteiger partial charge on any atom is -0.325 e. The van der Waals surface area contributed by atoms with Gasteiger partial charge in [-0.2, -0.15) is 4.68 Å². The first-order valence-corrected chi connectivity index (χ1v) is 7.48. The van der Waals surface area contributed by atoms with E-state index >= 15 is 0 Å². The van der Waals surface area contributed by atoms with Gasteiger partial charge in [-0.15, -0.1) is 5.10 Å². The monoisotopic (exact) mass is 312 g/mol. The van der Waals surface area contributed by atoms with Gasteiger partial charge in [0.05, 0.1) is 11.4 Å². The minimum absolute atomic E-state index is 0.126. The van der Waals surface area contributed by atoms with Crippen LogP contribution in [0.2, 0.25) is 0 Å². The Bertz CT molecular complexity index is 746. The fraction of sp³-hybridized carbons (Fsp3) is 0.0714. The quantitative estimate of drug-likeness (QED) is 0.723. The van der Waals surface area contributed by atoms with Crippen LogP contribution in [-0.4, -0.2) is 36.9 Å². The maximum atomic E-state index is 11.9. The van der Waals surface area contributed by atoms with Gasteiger partial charge in [-0.25, -0.2) is 0 Å². The van der Waals surface area contributed by atoms with Crippen LogP contribution in [0.25, 0.3) is 5.69 Å². The molecule has 0 spiro atoms. The number of para-hydroxylation sites is 1. The molecule has 0 fully saturated rings. The van der Waals surface area contributed by atoms with Crippen LogP contribution < -0.4 is 5.32 Å². The highest BCUT2D eigenvalue weighted by molar-refractivity contribution is 7.99. The van der Waals surface area contributed by atoms with E-state index in [0.717, 1.165) is 5.69 Å². The molecule has 0 aliphatic carbocycles. The summed E-state index contributed by atoms with van der Waals surface area (Å²) in [5.41, 5.74) is 1.56. The van der Waals surface area contributed by atoms with Gasteiger partial charge in [0.1, 0.15) is 0 Å². The smallest absolute Gasteiger partial charge is 0.234 e. The van der Waals surface area contributed by atoms with Gasteiger partial charge in [-0.3, -0.25) is 9.78 Å². The molecule has 2 heterocycles. The standard InChI is InChI=1S/C14H12N6OS/c21-13(16-11-6-8-15-9-7-11)10-22-14-17-18-19-20(14)12-4-2-1-3-5-12/h1-9H,10H2,(H,15,16,21). The molecule has 3 rings (SSSR count). The van der Waals surface area contributed by atoms with Crippen LogP contribution in [0, 0.1) is 0 Å². The van der Waals surface area contributed by atoms with Crippen LogP contribution in [0.1, 0.15) is 0 Å². The number of hydrogen-bond acceptors (Lipinski definition) is 6. The number of rotatable bonds is 5. The number of tetrazole rings is 1. The van der Waals surface area contributed by atoms with Crippen LogP contribution in [0.15, 0.2) is 60.0 Å². The molecule has 0 aliphatic rings. The van der Waals surface area contributed by atoms with Gasteiger partial charge in [-0.05, 0) is 34.7 Å². The number of hydrogen-bond donors (Lipinski definition) is 1. The second-order valence-electron chi connectivity index (χ2n) is 4.28. The second-order valence-corrected chi connectivity index (χ2v) is 5.22. The van der Waals surface area contributed by atoms with E-state index in [1.807, 2.05) is 30.3 Å². The molecule has 0 saturated carbocycles. The third-order valence-corrected chi connectivity index (χ3v) is 3.66. The van der Waals surface area contributed by atoms with E-state index in [4.69, 9.17) is 0 Å². The van der Waals surface area contributed by atoms with Crippen LogP contribution >= 0.6 is 11.8 Å². The average molecular weight is 312 g/mol. The van der Waals surface area contributed by atoms with Crippen LogP contribution in [-0.2, 0) is 4.79 Å². The highest BCUT2D eigenvalue weighted by Gasteiger charge is 2.11. The number of aromatic nitrogens is 5. The number of nitrogens with one attached hydrogen (secondary N) is 1. The zero-order valence-corrected chi connectivity index (χ0v) is 12.3. The van der Waals surface area contributed by atoms with Crippen molar-refractivity contribution in [3.8, 4) is 5.69 Å². The number of nitrogens with zero attached hydrogens (tertiary/aromatic N) is 5. The maximum absolute atomic E-state index is 11.9. The molecule has 0 atom stereocenters. The molecule has 2 aromatic heterocycles. The maximum Gasteiger partial charge on any atom is 0.234 e. The van der Waals surface area contributed by atoms with Crippen molar-refractivity contribution in [2.24, 2.45) is 0 Å². The summed E-state index contributed by atoms with van der Waals surface area (Å²) in [6, 6.07) is 13.0. The lowest BCUT2D eigenvalue weighted by atomic mass is 10.3. The molecule has 22 heavy (non-hydrogen) atoms. The Labute approximate surface area is 130 Å². The number of amides is 1.